The summed E-state index contributed by atoms with van der Waals surface area (Å²) >= 11 is 0. The first-order valence-electron chi connectivity index (χ1n) is 5.55. The van der Waals surface area contributed by atoms with E-state index in [4.69, 9.17) is 5.11 Å². The Balaban J connectivity index is 2.67. The predicted molar refractivity (Wildman–Crippen MR) is 66.1 cm³/mol. The number of rotatable bonds is 5. The third kappa shape index (κ3) is 3.53. The maximum Gasteiger partial charge on any atom is 0.269 e. The third-order valence-corrected chi connectivity index (χ3v) is 2.82. The molecule has 1 amide bonds. The van der Waals surface area contributed by atoms with Gasteiger partial charge >= 0.3 is 0 Å². The molecule has 1 unspecified atom stereocenters. The summed E-state index contributed by atoms with van der Waals surface area (Å²) < 4.78 is 0. The number of hydrogen-bond donors (Lipinski definition) is 1. The number of hydrogen-bond acceptors (Lipinski definition) is 4. The number of nitro groups is 1. The fraction of sp³-hybridized carbons (Fsp3) is 0.417. The van der Waals surface area contributed by atoms with E-state index in [1.807, 2.05) is 0 Å². The number of benzene rings is 1. The number of likely N-dealkylation sites (N-methyl/N-ethyl adjacent to an activating group) is 1. The lowest BCUT2D eigenvalue weighted by molar-refractivity contribution is -0.384. The molecule has 0 spiro atoms. The first-order valence-corrected chi connectivity index (χ1v) is 5.55. The molecule has 0 aromatic heterocycles. The molecule has 0 heterocycles. The highest BCUT2D eigenvalue weighted by molar-refractivity contribution is 5.78. The van der Waals surface area contributed by atoms with Crippen LogP contribution in [0.25, 0.3) is 0 Å². The highest BCUT2D eigenvalue weighted by atomic mass is 16.6. The van der Waals surface area contributed by atoms with Gasteiger partial charge in [0.05, 0.1) is 24.0 Å². The van der Waals surface area contributed by atoms with Gasteiger partial charge in [0.15, 0.2) is 0 Å². The van der Waals surface area contributed by atoms with E-state index in [1.54, 1.807) is 26.1 Å². The van der Waals surface area contributed by atoms with Crippen LogP contribution in [-0.4, -0.2) is 40.5 Å². The molecule has 6 heteroatoms. The normalized spacial score (nSPS) is 11.9. The summed E-state index contributed by atoms with van der Waals surface area (Å²) in [5.41, 5.74) is 0.714. The molecule has 1 N–H and O–H groups in total. The minimum absolute atomic E-state index is 0.00304. The van der Waals surface area contributed by atoms with Crippen molar-refractivity contribution in [1.82, 2.24) is 4.90 Å². The smallest absolute Gasteiger partial charge is 0.269 e. The fourth-order valence-electron chi connectivity index (χ4n) is 1.40. The van der Waals surface area contributed by atoms with Crippen molar-refractivity contribution in [2.45, 2.75) is 19.4 Å². The van der Waals surface area contributed by atoms with Crippen LogP contribution in [-0.2, 0) is 11.2 Å². The van der Waals surface area contributed by atoms with Gasteiger partial charge in [-0.15, -0.1) is 0 Å². The van der Waals surface area contributed by atoms with Crippen LogP contribution in [0.2, 0.25) is 0 Å². The van der Waals surface area contributed by atoms with Crippen LogP contribution in [0.5, 0.6) is 0 Å². The summed E-state index contributed by atoms with van der Waals surface area (Å²) in [6, 6.07) is 5.63. The molecule has 18 heavy (non-hydrogen) atoms. The molecule has 6 nitrogen and oxygen atoms in total. The summed E-state index contributed by atoms with van der Waals surface area (Å²) in [6.07, 6.45) is 0.166. The molecule has 0 aliphatic heterocycles. The number of carbonyl (C=O) groups is 1. The molecule has 0 saturated heterocycles. The Morgan fingerprint density at radius 3 is 2.44 bits per heavy atom. The Morgan fingerprint density at radius 1 is 1.44 bits per heavy atom. The van der Waals surface area contributed by atoms with Gasteiger partial charge in [-0.25, -0.2) is 0 Å². The van der Waals surface area contributed by atoms with Gasteiger partial charge in [-0.1, -0.05) is 12.1 Å². The standard InChI is InChI=1S/C12H16N2O4/c1-9(8-15)13(2)12(16)7-10-3-5-11(6-4-10)14(17)18/h3-6,9,15H,7-8H2,1-2H3. The van der Waals surface area contributed by atoms with Crippen molar-refractivity contribution in [3.63, 3.8) is 0 Å². The van der Waals surface area contributed by atoms with Crippen LogP contribution in [0, 0.1) is 10.1 Å². The molecule has 0 fully saturated rings. The molecule has 0 saturated carbocycles. The number of amides is 1. The summed E-state index contributed by atoms with van der Waals surface area (Å²) in [7, 11) is 1.62. The molecular weight excluding hydrogens is 236 g/mol. The number of aliphatic hydroxyl groups excluding tert-OH is 1. The summed E-state index contributed by atoms with van der Waals surface area (Å²) in [5.74, 6) is -0.134. The topological polar surface area (TPSA) is 83.7 Å². The Morgan fingerprint density at radius 2 is 2.00 bits per heavy atom. The second-order valence-electron chi connectivity index (χ2n) is 4.14. The first-order chi connectivity index (χ1) is 8.45. The molecule has 1 aromatic carbocycles. The minimum Gasteiger partial charge on any atom is -0.394 e. The van der Waals surface area contributed by atoms with Gasteiger partial charge in [-0.2, -0.15) is 0 Å². The van der Waals surface area contributed by atoms with Crippen molar-refractivity contribution in [2.24, 2.45) is 0 Å². The average Bonchev–Trinajstić information content (AvgIpc) is 2.37. The van der Waals surface area contributed by atoms with Crippen molar-refractivity contribution in [1.29, 1.82) is 0 Å². The number of nitro benzene ring substituents is 1. The zero-order valence-electron chi connectivity index (χ0n) is 10.4. The van der Waals surface area contributed by atoms with Crippen molar-refractivity contribution in [3.05, 3.63) is 39.9 Å². The Kier molecular flexibility index (Phi) is 4.79. The highest BCUT2D eigenvalue weighted by Gasteiger charge is 2.15. The van der Waals surface area contributed by atoms with Crippen molar-refractivity contribution in [2.75, 3.05) is 13.7 Å². The SMILES string of the molecule is CC(CO)N(C)C(=O)Cc1ccc([N+](=O)[O-])cc1. The van der Waals surface area contributed by atoms with Crippen molar-refractivity contribution >= 4 is 11.6 Å². The first kappa shape index (κ1) is 14.1. The molecule has 0 aliphatic rings. The van der Waals surface area contributed by atoms with Gasteiger partial charge in [0.1, 0.15) is 0 Å². The Bertz CT molecular complexity index is 430. The zero-order chi connectivity index (χ0) is 13.7. The third-order valence-electron chi connectivity index (χ3n) is 2.82. The molecule has 0 radical (unpaired) electrons. The van der Waals surface area contributed by atoms with Crippen LogP contribution < -0.4 is 0 Å². The Labute approximate surface area is 105 Å². The van der Waals surface area contributed by atoms with Crippen molar-refractivity contribution < 1.29 is 14.8 Å². The lowest BCUT2D eigenvalue weighted by atomic mass is 10.1. The molecule has 1 atom stereocenters. The van der Waals surface area contributed by atoms with E-state index in [2.05, 4.69) is 0 Å². The van der Waals surface area contributed by atoms with Gasteiger partial charge in [0, 0.05) is 19.2 Å². The fourth-order valence-corrected chi connectivity index (χ4v) is 1.40. The van der Waals surface area contributed by atoms with E-state index in [1.165, 1.54) is 17.0 Å². The average molecular weight is 252 g/mol. The zero-order valence-corrected chi connectivity index (χ0v) is 10.4. The lowest BCUT2D eigenvalue weighted by Gasteiger charge is -2.23. The van der Waals surface area contributed by atoms with Crippen LogP contribution in [0.3, 0.4) is 0 Å². The number of non-ortho nitro benzene ring substituents is 1. The van der Waals surface area contributed by atoms with Gasteiger partial charge in [0.2, 0.25) is 5.91 Å². The predicted octanol–water partition coefficient (Wildman–Crippen LogP) is 0.976. The maximum atomic E-state index is 11.8. The minimum atomic E-state index is -0.481. The summed E-state index contributed by atoms with van der Waals surface area (Å²) in [4.78, 5) is 23.3. The molecule has 1 rings (SSSR count). The largest absolute Gasteiger partial charge is 0.394 e. The molecule has 0 aliphatic carbocycles. The van der Waals surface area contributed by atoms with E-state index >= 15 is 0 Å². The molecule has 0 bridgehead atoms. The maximum absolute atomic E-state index is 11.8. The van der Waals surface area contributed by atoms with Crippen LogP contribution >= 0.6 is 0 Å². The highest BCUT2D eigenvalue weighted by Crippen LogP contribution is 2.13. The second kappa shape index (κ2) is 6.11. The quantitative estimate of drug-likeness (QED) is 0.625. The lowest BCUT2D eigenvalue weighted by Crippen LogP contribution is -2.38. The summed E-state index contributed by atoms with van der Waals surface area (Å²) in [6.45, 7) is 1.65. The van der Waals surface area contributed by atoms with Gasteiger partial charge in [0.25, 0.3) is 5.69 Å². The van der Waals surface area contributed by atoms with E-state index in [-0.39, 0.29) is 30.7 Å². The second-order valence-corrected chi connectivity index (χ2v) is 4.14. The Hall–Kier alpha value is -1.95. The van der Waals surface area contributed by atoms with E-state index < -0.39 is 4.92 Å². The van der Waals surface area contributed by atoms with Crippen molar-refractivity contribution in [3.8, 4) is 0 Å². The van der Waals surface area contributed by atoms with Crippen LogP contribution in [0.15, 0.2) is 24.3 Å². The monoisotopic (exact) mass is 252 g/mol. The van der Waals surface area contributed by atoms with Gasteiger partial charge < -0.3 is 10.0 Å². The molecule has 1 aromatic rings. The van der Waals surface area contributed by atoms with Crippen LogP contribution in [0.1, 0.15) is 12.5 Å². The molecular formula is C12H16N2O4. The van der Waals surface area contributed by atoms with Gasteiger partial charge in [-0.3, -0.25) is 14.9 Å². The number of nitrogens with zero attached hydrogens (tertiary/aromatic N) is 2. The van der Waals surface area contributed by atoms with E-state index in [0.717, 1.165) is 0 Å². The van der Waals surface area contributed by atoms with E-state index in [9.17, 15) is 14.9 Å². The van der Waals surface area contributed by atoms with E-state index in [0.29, 0.717) is 5.56 Å². The molecule has 98 valence electrons. The number of aliphatic hydroxyl groups is 1. The van der Waals surface area contributed by atoms with Gasteiger partial charge in [-0.05, 0) is 12.5 Å². The van der Waals surface area contributed by atoms with Crippen LogP contribution in [0.4, 0.5) is 5.69 Å². The summed E-state index contributed by atoms with van der Waals surface area (Å²) in [5, 5.41) is 19.4. The number of carbonyl (C=O) groups excluding carboxylic acids is 1.